The molecule has 8 nitrogen and oxygen atoms in total. The standard InChI is InChI=1S/C20H30N4O4.ClH/c1-3-28-20(27)23-11-9-22(10-12-23)18(25)17-15(2)6-8-24(19(17)26)14-16-5-4-7-21-13-16;/h6,8,16,21H,3-5,7,9-14H2,1-2H3;1H. The molecule has 0 bridgehead atoms. The third-order valence-corrected chi connectivity index (χ3v) is 5.53. The van der Waals surface area contributed by atoms with Crippen LogP contribution in [0, 0.1) is 12.8 Å². The van der Waals surface area contributed by atoms with E-state index in [1.165, 1.54) is 0 Å². The summed E-state index contributed by atoms with van der Waals surface area (Å²) in [5.74, 6) is 0.160. The number of hydrogen-bond donors (Lipinski definition) is 1. The molecule has 2 aliphatic rings. The highest BCUT2D eigenvalue weighted by Gasteiger charge is 2.28. The van der Waals surface area contributed by atoms with E-state index < -0.39 is 0 Å². The van der Waals surface area contributed by atoms with Gasteiger partial charge < -0.3 is 24.4 Å². The smallest absolute Gasteiger partial charge is 0.409 e. The van der Waals surface area contributed by atoms with E-state index in [9.17, 15) is 14.4 Å². The highest BCUT2D eigenvalue weighted by atomic mass is 35.5. The Morgan fingerprint density at radius 1 is 1.21 bits per heavy atom. The number of piperazine rings is 1. The second-order valence-electron chi connectivity index (χ2n) is 7.52. The number of halogens is 1. The van der Waals surface area contributed by atoms with Crippen molar-refractivity contribution < 1.29 is 14.3 Å². The van der Waals surface area contributed by atoms with Crippen molar-refractivity contribution in [3.8, 4) is 0 Å². The van der Waals surface area contributed by atoms with Crippen LogP contribution in [0.2, 0.25) is 0 Å². The van der Waals surface area contributed by atoms with E-state index in [0.29, 0.717) is 50.8 Å². The van der Waals surface area contributed by atoms with Gasteiger partial charge in [-0.05, 0) is 57.3 Å². The van der Waals surface area contributed by atoms with Crippen LogP contribution in [0.5, 0.6) is 0 Å². The molecule has 0 radical (unpaired) electrons. The van der Waals surface area contributed by atoms with Gasteiger partial charge in [-0.3, -0.25) is 9.59 Å². The minimum atomic E-state index is -0.353. The van der Waals surface area contributed by atoms with E-state index in [2.05, 4.69) is 5.32 Å². The minimum absolute atomic E-state index is 0. The van der Waals surface area contributed by atoms with Gasteiger partial charge in [0.2, 0.25) is 0 Å². The van der Waals surface area contributed by atoms with Gasteiger partial charge in [-0.15, -0.1) is 12.4 Å². The molecule has 3 rings (SSSR count). The number of carbonyl (C=O) groups excluding carboxylic acids is 2. The van der Waals surface area contributed by atoms with Crippen molar-refractivity contribution in [3.63, 3.8) is 0 Å². The quantitative estimate of drug-likeness (QED) is 0.788. The number of ether oxygens (including phenoxy) is 1. The van der Waals surface area contributed by atoms with Crippen molar-refractivity contribution in [3.05, 3.63) is 33.7 Å². The van der Waals surface area contributed by atoms with Gasteiger partial charge >= 0.3 is 6.09 Å². The zero-order chi connectivity index (χ0) is 20.1. The van der Waals surface area contributed by atoms with Crippen LogP contribution in [-0.4, -0.2) is 72.2 Å². The summed E-state index contributed by atoms with van der Waals surface area (Å²) < 4.78 is 6.69. The maximum atomic E-state index is 13.1. The molecule has 0 spiro atoms. The molecule has 29 heavy (non-hydrogen) atoms. The number of carbonyl (C=O) groups is 2. The fourth-order valence-corrected chi connectivity index (χ4v) is 3.89. The lowest BCUT2D eigenvalue weighted by molar-refractivity contribution is 0.0567. The summed E-state index contributed by atoms with van der Waals surface area (Å²) in [6.45, 7) is 8.09. The number of pyridine rings is 1. The number of nitrogens with one attached hydrogen (secondary N) is 1. The molecule has 1 N–H and O–H groups in total. The van der Waals surface area contributed by atoms with Gasteiger partial charge in [0.25, 0.3) is 11.5 Å². The van der Waals surface area contributed by atoms with Gasteiger partial charge in [-0.25, -0.2) is 4.79 Å². The molecule has 1 aromatic rings. The molecule has 2 amide bonds. The Bertz CT molecular complexity index is 768. The fraction of sp³-hybridized carbons (Fsp3) is 0.650. The van der Waals surface area contributed by atoms with Crippen LogP contribution >= 0.6 is 12.4 Å². The second-order valence-corrected chi connectivity index (χ2v) is 7.52. The molecule has 1 unspecified atom stereocenters. The maximum absolute atomic E-state index is 13.1. The summed E-state index contributed by atoms with van der Waals surface area (Å²) >= 11 is 0. The Morgan fingerprint density at radius 3 is 2.52 bits per heavy atom. The van der Waals surface area contributed by atoms with Crippen molar-refractivity contribution in [2.45, 2.75) is 33.2 Å². The Labute approximate surface area is 177 Å². The van der Waals surface area contributed by atoms with Crippen LogP contribution in [0.4, 0.5) is 4.79 Å². The Balaban J connectivity index is 0.00000300. The summed E-state index contributed by atoms with van der Waals surface area (Å²) in [6, 6.07) is 1.85. The van der Waals surface area contributed by atoms with E-state index in [-0.39, 0.29) is 35.5 Å². The first-order valence-electron chi connectivity index (χ1n) is 10.1. The van der Waals surface area contributed by atoms with Gasteiger partial charge in [-0.2, -0.15) is 0 Å². The van der Waals surface area contributed by atoms with Crippen molar-refractivity contribution in [1.82, 2.24) is 19.7 Å². The fourth-order valence-electron chi connectivity index (χ4n) is 3.89. The van der Waals surface area contributed by atoms with Gasteiger partial charge in [0.15, 0.2) is 0 Å². The first-order chi connectivity index (χ1) is 13.5. The molecule has 0 aliphatic carbocycles. The van der Waals surface area contributed by atoms with Gasteiger partial charge in [0, 0.05) is 38.9 Å². The predicted molar refractivity (Wildman–Crippen MR) is 113 cm³/mol. The van der Waals surface area contributed by atoms with Crippen molar-refractivity contribution >= 4 is 24.4 Å². The molecule has 2 saturated heterocycles. The van der Waals surface area contributed by atoms with E-state index in [0.717, 1.165) is 25.9 Å². The SMILES string of the molecule is CCOC(=O)N1CCN(C(=O)c2c(C)ccn(CC3CCCNC3)c2=O)CC1.Cl. The summed E-state index contributed by atoms with van der Waals surface area (Å²) in [4.78, 5) is 41.2. The van der Waals surface area contributed by atoms with Gasteiger partial charge in [0.05, 0.1) is 6.61 Å². The van der Waals surface area contributed by atoms with Gasteiger partial charge in [0.1, 0.15) is 5.56 Å². The van der Waals surface area contributed by atoms with Crippen molar-refractivity contribution in [1.29, 1.82) is 0 Å². The highest BCUT2D eigenvalue weighted by molar-refractivity contribution is 5.95. The van der Waals surface area contributed by atoms with Crippen LogP contribution < -0.4 is 10.9 Å². The number of nitrogens with zero attached hydrogens (tertiary/aromatic N) is 3. The summed E-state index contributed by atoms with van der Waals surface area (Å²) in [7, 11) is 0. The Kier molecular flexibility index (Phi) is 8.52. The molecule has 0 aromatic carbocycles. The third-order valence-electron chi connectivity index (χ3n) is 5.53. The molecular formula is C20H31ClN4O4. The molecule has 3 heterocycles. The van der Waals surface area contributed by atoms with E-state index in [1.807, 2.05) is 6.07 Å². The average molecular weight is 427 g/mol. The molecule has 1 atom stereocenters. The number of rotatable bonds is 4. The number of piperidine rings is 1. The molecule has 0 saturated carbocycles. The summed E-state index contributed by atoms with van der Waals surface area (Å²) in [5, 5.41) is 3.36. The van der Waals surface area contributed by atoms with Crippen molar-refractivity contribution in [2.75, 3.05) is 45.9 Å². The second kappa shape index (κ2) is 10.6. The normalized spacial score (nSPS) is 19.4. The Morgan fingerprint density at radius 2 is 1.90 bits per heavy atom. The van der Waals surface area contributed by atoms with Crippen LogP contribution in [-0.2, 0) is 11.3 Å². The zero-order valence-electron chi connectivity index (χ0n) is 17.2. The number of aryl methyl sites for hydroxylation is 1. The largest absolute Gasteiger partial charge is 0.450 e. The predicted octanol–water partition coefficient (Wildman–Crippen LogP) is 1.49. The van der Waals surface area contributed by atoms with Crippen LogP contribution in [0.15, 0.2) is 17.1 Å². The molecular weight excluding hydrogens is 396 g/mol. The lowest BCUT2D eigenvalue weighted by Crippen LogP contribution is -2.51. The number of aromatic nitrogens is 1. The number of amides is 2. The molecule has 162 valence electrons. The van der Waals surface area contributed by atoms with Crippen LogP contribution in [0.1, 0.15) is 35.7 Å². The summed E-state index contributed by atoms with van der Waals surface area (Å²) in [5.41, 5.74) is 0.722. The third kappa shape index (κ3) is 5.51. The van der Waals surface area contributed by atoms with Crippen molar-refractivity contribution in [2.24, 2.45) is 5.92 Å². The Hall–Kier alpha value is -2.06. The highest BCUT2D eigenvalue weighted by Crippen LogP contribution is 2.14. The van der Waals surface area contributed by atoms with Gasteiger partial charge in [-0.1, -0.05) is 0 Å². The van der Waals surface area contributed by atoms with E-state index in [4.69, 9.17) is 4.74 Å². The summed E-state index contributed by atoms with van der Waals surface area (Å²) in [6.07, 6.45) is 3.64. The monoisotopic (exact) mass is 426 g/mol. The topological polar surface area (TPSA) is 83.9 Å². The molecule has 9 heteroatoms. The molecule has 1 aromatic heterocycles. The number of hydrogen-bond acceptors (Lipinski definition) is 5. The van der Waals surface area contributed by atoms with E-state index in [1.54, 1.807) is 34.4 Å². The maximum Gasteiger partial charge on any atom is 0.409 e. The molecule has 2 aliphatic heterocycles. The average Bonchev–Trinajstić information content (AvgIpc) is 2.71. The van der Waals surface area contributed by atoms with Crippen LogP contribution in [0.25, 0.3) is 0 Å². The van der Waals surface area contributed by atoms with Crippen LogP contribution in [0.3, 0.4) is 0 Å². The first-order valence-corrected chi connectivity index (χ1v) is 10.1. The van der Waals surface area contributed by atoms with E-state index >= 15 is 0 Å². The lowest BCUT2D eigenvalue weighted by atomic mass is 9.99. The molecule has 2 fully saturated rings. The lowest BCUT2D eigenvalue weighted by Gasteiger charge is -2.34. The minimum Gasteiger partial charge on any atom is -0.450 e. The zero-order valence-corrected chi connectivity index (χ0v) is 18.0. The first kappa shape index (κ1) is 23.2.